The summed E-state index contributed by atoms with van der Waals surface area (Å²) in [7, 11) is 0.833. The third-order valence-corrected chi connectivity index (χ3v) is 8.23. The minimum Gasteiger partial charge on any atom is -0.311 e. The lowest BCUT2D eigenvalue weighted by molar-refractivity contribution is 0.186. The SMILES string of the molecule is CCCS(=O)(=O)N1C[C@@H]2C[C@H](C1)c1ccc(-c3ccccc3CN(C)C)c(=O)n1C2. The van der Waals surface area contributed by atoms with Crippen LogP contribution in [-0.4, -0.2) is 55.1 Å². The Bertz CT molecular complexity index is 1090. The van der Waals surface area contributed by atoms with Gasteiger partial charge >= 0.3 is 0 Å². The number of sulfonamides is 1. The second-order valence-electron chi connectivity index (χ2n) is 8.91. The summed E-state index contributed by atoms with van der Waals surface area (Å²) >= 11 is 0. The maximum atomic E-state index is 13.5. The fraction of sp³-hybridized carbons (Fsp3) is 0.522. The molecule has 6 nitrogen and oxygen atoms in total. The van der Waals surface area contributed by atoms with Gasteiger partial charge in [-0.05, 0) is 56.1 Å². The van der Waals surface area contributed by atoms with Gasteiger partial charge in [0.05, 0.1) is 5.75 Å². The molecule has 1 aromatic heterocycles. The number of piperidine rings is 1. The van der Waals surface area contributed by atoms with E-state index >= 15 is 0 Å². The van der Waals surface area contributed by atoms with E-state index in [1.165, 1.54) is 0 Å². The summed E-state index contributed by atoms with van der Waals surface area (Å²) in [5.41, 5.74) is 3.86. The summed E-state index contributed by atoms with van der Waals surface area (Å²) in [5.74, 6) is 0.469. The monoisotopic (exact) mass is 429 g/mol. The van der Waals surface area contributed by atoms with Gasteiger partial charge in [-0.2, -0.15) is 0 Å². The van der Waals surface area contributed by atoms with E-state index in [-0.39, 0.29) is 23.1 Å². The first-order valence-electron chi connectivity index (χ1n) is 10.7. The van der Waals surface area contributed by atoms with Crippen molar-refractivity contribution in [1.82, 2.24) is 13.8 Å². The van der Waals surface area contributed by atoms with E-state index in [4.69, 9.17) is 0 Å². The number of aromatic nitrogens is 1. The molecule has 4 rings (SSSR count). The fourth-order valence-corrected chi connectivity index (χ4v) is 6.60. The number of nitrogens with zero attached hydrogens (tertiary/aromatic N) is 3. The third kappa shape index (κ3) is 3.98. The van der Waals surface area contributed by atoms with Crippen LogP contribution < -0.4 is 5.56 Å². The molecule has 2 aliphatic rings. The predicted octanol–water partition coefficient (Wildman–Crippen LogP) is 2.74. The standard InChI is InChI=1S/C23H31N3O3S/c1-4-11-30(28,29)25-13-17-12-19(16-25)22-10-9-21(23(27)26(22)14-17)20-8-6-5-7-18(20)15-24(2)3/h5-10,17,19H,4,11-16H2,1-3H3/t17-,19+/m0/s1. The molecule has 2 atom stereocenters. The van der Waals surface area contributed by atoms with E-state index in [0.717, 1.165) is 35.3 Å². The third-order valence-electron chi connectivity index (χ3n) is 6.22. The summed E-state index contributed by atoms with van der Waals surface area (Å²) in [6.45, 7) is 4.26. The minimum atomic E-state index is -3.22. The van der Waals surface area contributed by atoms with E-state index in [2.05, 4.69) is 11.0 Å². The first-order valence-corrected chi connectivity index (χ1v) is 12.4. The van der Waals surface area contributed by atoms with Crippen LogP contribution in [0.3, 0.4) is 0 Å². The van der Waals surface area contributed by atoms with Crippen LogP contribution in [0.2, 0.25) is 0 Å². The lowest BCUT2D eigenvalue weighted by Gasteiger charge is -2.42. The molecule has 0 amide bonds. The quantitative estimate of drug-likeness (QED) is 0.708. The maximum Gasteiger partial charge on any atom is 0.258 e. The highest BCUT2D eigenvalue weighted by Crippen LogP contribution is 2.37. The highest BCUT2D eigenvalue weighted by Gasteiger charge is 2.38. The number of benzene rings is 1. The molecule has 0 aliphatic carbocycles. The summed E-state index contributed by atoms with van der Waals surface area (Å²) in [5, 5.41) is 0. The molecule has 162 valence electrons. The molecule has 3 heterocycles. The van der Waals surface area contributed by atoms with Crippen molar-refractivity contribution in [2.75, 3.05) is 32.9 Å². The molecule has 2 aromatic rings. The molecule has 7 heteroatoms. The second-order valence-corrected chi connectivity index (χ2v) is 11.0. The fourth-order valence-electron chi connectivity index (χ4n) is 4.98. The molecule has 1 fully saturated rings. The molecule has 0 radical (unpaired) electrons. The molecule has 30 heavy (non-hydrogen) atoms. The molecular weight excluding hydrogens is 398 g/mol. The number of rotatable bonds is 6. The largest absolute Gasteiger partial charge is 0.311 e. The van der Waals surface area contributed by atoms with Gasteiger partial charge in [0, 0.05) is 43.4 Å². The topological polar surface area (TPSA) is 62.6 Å². The Hall–Kier alpha value is -1.96. The molecular formula is C23H31N3O3S. The molecule has 0 saturated carbocycles. The van der Waals surface area contributed by atoms with Gasteiger partial charge in [0.2, 0.25) is 10.0 Å². The molecule has 2 aliphatic heterocycles. The average molecular weight is 430 g/mol. The summed E-state index contributed by atoms with van der Waals surface area (Å²) in [6.07, 6.45) is 1.58. The lowest BCUT2D eigenvalue weighted by atomic mass is 9.83. The first-order chi connectivity index (χ1) is 14.3. The van der Waals surface area contributed by atoms with Crippen molar-refractivity contribution in [1.29, 1.82) is 0 Å². The molecule has 1 aromatic carbocycles. The van der Waals surface area contributed by atoms with Crippen LogP contribution >= 0.6 is 0 Å². The molecule has 0 spiro atoms. The molecule has 0 N–H and O–H groups in total. The van der Waals surface area contributed by atoms with Crippen LogP contribution in [0, 0.1) is 5.92 Å². The van der Waals surface area contributed by atoms with Crippen molar-refractivity contribution in [3.63, 3.8) is 0 Å². The van der Waals surface area contributed by atoms with Crippen LogP contribution in [-0.2, 0) is 23.1 Å². The van der Waals surface area contributed by atoms with Crippen molar-refractivity contribution >= 4 is 10.0 Å². The van der Waals surface area contributed by atoms with Crippen LogP contribution in [0.5, 0.6) is 0 Å². The minimum absolute atomic E-state index is 0.0401. The normalized spacial score (nSPS) is 21.6. The van der Waals surface area contributed by atoms with E-state index in [0.29, 0.717) is 26.1 Å². The zero-order valence-corrected chi connectivity index (χ0v) is 18.9. The van der Waals surface area contributed by atoms with Gasteiger partial charge in [-0.1, -0.05) is 31.2 Å². The summed E-state index contributed by atoms with van der Waals surface area (Å²) < 4.78 is 28.8. The van der Waals surface area contributed by atoms with Crippen molar-refractivity contribution in [3.8, 4) is 11.1 Å². The zero-order chi connectivity index (χ0) is 21.5. The van der Waals surface area contributed by atoms with Crippen LogP contribution in [0.15, 0.2) is 41.2 Å². The van der Waals surface area contributed by atoms with E-state index in [9.17, 15) is 13.2 Å². The van der Waals surface area contributed by atoms with Crippen molar-refractivity contribution in [3.05, 3.63) is 58.0 Å². The highest BCUT2D eigenvalue weighted by atomic mass is 32.2. The van der Waals surface area contributed by atoms with Crippen LogP contribution in [0.1, 0.15) is 36.9 Å². The van der Waals surface area contributed by atoms with Gasteiger partial charge < -0.3 is 9.47 Å². The van der Waals surface area contributed by atoms with Gasteiger partial charge in [-0.25, -0.2) is 12.7 Å². The Morgan fingerprint density at radius 3 is 2.53 bits per heavy atom. The first kappa shape index (κ1) is 21.3. The average Bonchev–Trinajstić information content (AvgIpc) is 2.69. The smallest absolute Gasteiger partial charge is 0.258 e. The number of fused-ring (bicyclic) bond motifs is 4. The van der Waals surface area contributed by atoms with Gasteiger partial charge in [0.15, 0.2) is 0 Å². The van der Waals surface area contributed by atoms with Gasteiger partial charge in [-0.15, -0.1) is 0 Å². The van der Waals surface area contributed by atoms with E-state index in [1.807, 2.05) is 55.9 Å². The number of pyridine rings is 1. The Morgan fingerprint density at radius 1 is 1.03 bits per heavy atom. The Morgan fingerprint density at radius 2 is 1.80 bits per heavy atom. The van der Waals surface area contributed by atoms with E-state index in [1.54, 1.807) is 4.31 Å². The Labute approximate surface area is 179 Å². The van der Waals surface area contributed by atoms with E-state index < -0.39 is 10.0 Å². The van der Waals surface area contributed by atoms with Crippen LogP contribution in [0.25, 0.3) is 11.1 Å². The van der Waals surface area contributed by atoms with Gasteiger partial charge in [0.1, 0.15) is 0 Å². The van der Waals surface area contributed by atoms with Gasteiger partial charge in [0.25, 0.3) is 5.56 Å². The summed E-state index contributed by atoms with van der Waals surface area (Å²) in [6, 6.07) is 12.1. The van der Waals surface area contributed by atoms with Crippen molar-refractivity contribution < 1.29 is 8.42 Å². The molecule has 1 saturated heterocycles. The number of hydrogen-bond donors (Lipinski definition) is 0. The van der Waals surface area contributed by atoms with Crippen molar-refractivity contribution in [2.24, 2.45) is 5.92 Å². The van der Waals surface area contributed by atoms with Crippen molar-refractivity contribution in [2.45, 2.75) is 38.8 Å². The Balaban J connectivity index is 1.71. The van der Waals surface area contributed by atoms with Crippen LogP contribution in [0.4, 0.5) is 0 Å². The predicted molar refractivity (Wildman–Crippen MR) is 120 cm³/mol. The van der Waals surface area contributed by atoms with Gasteiger partial charge in [-0.3, -0.25) is 4.79 Å². The zero-order valence-electron chi connectivity index (χ0n) is 18.0. The second kappa shape index (κ2) is 8.29. The Kier molecular flexibility index (Phi) is 5.88. The maximum absolute atomic E-state index is 13.5. The molecule has 2 bridgehead atoms. The highest BCUT2D eigenvalue weighted by molar-refractivity contribution is 7.89. The number of hydrogen-bond acceptors (Lipinski definition) is 4. The molecule has 0 unspecified atom stereocenters. The lowest BCUT2D eigenvalue weighted by Crippen LogP contribution is -2.49. The summed E-state index contributed by atoms with van der Waals surface area (Å²) in [4.78, 5) is 15.6.